The second kappa shape index (κ2) is 4.64. The minimum Gasteiger partial charge on any atom is -0.0836 e. The van der Waals surface area contributed by atoms with Crippen LogP contribution in [0.1, 0.15) is 0 Å². The summed E-state index contributed by atoms with van der Waals surface area (Å²) in [5, 5.41) is 3.76. The molecule has 0 unspecified atom stereocenters. The quantitative estimate of drug-likeness (QED) is 0.524. The van der Waals surface area contributed by atoms with Crippen LogP contribution in [0.5, 0.6) is 0 Å². The Labute approximate surface area is 116 Å². The first-order valence-corrected chi connectivity index (χ1v) is 6.44. The average molecular weight is 273 g/mol. The van der Waals surface area contributed by atoms with Gasteiger partial charge in [-0.05, 0) is 34.5 Å². The Morgan fingerprint density at radius 1 is 0.611 bits per heavy atom. The zero-order valence-electron chi connectivity index (χ0n) is 9.53. The lowest BCUT2D eigenvalue weighted by molar-refractivity contribution is 1.64. The average Bonchev–Trinajstić information content (AvgIpc) is 2.38. The van der Waals surface area contributed by atoms with E-state index in [1.165, 1.54) is 10.8 Å². The molecule has 0 atom stereocenters. The molecular weight excluding hydrogens is 263 g/mol. The fourth-order valence-corrected chi connectivity index (χ4v) is 2.73. The lowest BCUT2D eigenvalue weighted by Crippen LogP contribution is -1.82. The van der Waals surface area contributed by atoms with Gasteiger partial charge in [-0.25, -0.2) is 0 Å². The highest BCUT2D eigenvalue weighted by atomic mass is 35.5. The lowest BCUT2D eigenvalue weighted by Gasteiger charge is -2.08. The van der Waals surface area contributed by atoms with Gasteiger partial charge in [-0.2, -0.15) is 0 Å². The molecule has 0 aliphatic carbocycles. The fraction of sp³-hybridized carbons (Fsp3) is 0. The van der Waals surface area contributed by atoms with Crippen LogP contribution in [-0.4, -0.2) is 0 Å². The molecule has 0 aromatic heterocycles. The summed E-state index contributed by atoms with van der Waals surface area (Å²) < 4.78 is 0. The van der Waals surface area contributed by atoms with Crippen molar-refractivity contribution in [3.05, 3.63) is 70.7 Å². The van der Waals surface area contributed by atoms with Gasteiger partial charge in [-0.1, -0.05) is 65.7 Å². The van der Waals surface area contributed by atoms with Crippen molar-refractivity contribution in [1.82, 2.24) is 0 Å². The fourth-order valence-electron chi connectivity index (χ4n) is 2.12. The summed E-state index contributed by atoms with van der Waals surface area (Å²) in [5.74, 6) is 0. The van der Waals surface area contributed by atoms with Crippen LogP contribution < -0.4 is 0 Å². The Morgan fingerprint density at radius 3 is 2.00 bits per heavy atom. The Bertz CT molecular complexity index is 697. The molecule has 0 bridgehead atoms. The maximum atomic E-state index is 6.23. The molecule has 0 fully saturated rings. The van der Waals surface area contributed by atoms with Crippen molar-refractivity contribution >= 4 is 34.0 Å². The third kappa shape index (κ3) is 1.98. The van der Waals surface area contributed by atoms with Crippen LogP contribution in [0.3, 0.4) is 0 Å². The molecule has 0 N–H and O–H groups in total. The van der Waals surface area contributed by atoms with Gasteiger partial charge in [0, 0.05) is 15.6 Å². The summed E-state index contributed by atoms with van der Waals surface area (Å²) in [6.07, 6.45) is 0. The second-order valence-corrected chi connectivity index (χ2v) is 4.97. The monoisotopic (exact) mass is 272 g/mol. The molecule has 88 valence electrons. The second-order valence-electron chi connectivity index (χ2n) is 4.16. The van der Waals surface area contributed by atoms with E-state index in [4.69, 9.17) is 23.2 Å². The van der Waals surface area contributed by atoms with Gasteiger partial charge in [-0.15, -0.1) is 0 Å². The zero-order valence-corrected chi connectivity index (χ0v) is 11.0. The largest absolute Gasteiger partial charge is 0.0836 e. The summed E-state index contributed by atoms with van der Waals surface area (Å²) in [6.45, 7) is 0. The maximum absolute atomic E-state index is 6.23. The van der Waals surface area contributed by atoms with Crippen molar-refractivity contribution in [2.75, 3.05) is 0 Å². The van der Waals surface area contributed by atoms with Crippen LogP contribution in [-0.2, 0) is 0 Å². The molecule has 0 amide bonds. The molecule has 3 rings (SSSR count). The Hall–Kier alpha value is -1.50. The van der Waals surface area contributed by atoms with Crippen molar-refractivity contribution in [3.63, 3.8) is 0 Å². The van der Waals surface area contributed by atoms with Gasteiger partial charge in [-0.3, -0.25) is 0 Å². The molecule has 0 heterocycles. The summed E-state index contributed by atoms with van der Waals surface area (Å²) in [5.41, 5.74) is 1.94. The summed E-state index contributed by atoms with van der Waals surface area (Å²) in [7, 11) is 0. The first-order chi connectivity index (χ1) is 8.75. The number of fused-ring (bicyclic) bond motifs is 1. The molecule has 0 nitrogen and oxygen atoms in total. The van der Waals surface area contributed by atoms with Crippen LogP contribution in [0.4, 0.5) is 0 Å². The molecule has 3 aromatic carbocycles. The number of halogens is 2. The van der Waals surface area contributed by atoms with Crippen LogP contribution >= 0.6 is 23.2 Å². The molecule has 0 saturated heterocycles. The molecular formula is C16H10Cl2. The molecule has 0 aliphatic heterocycles. The van der Waals surface area contributed by atoms with Crippen molar-refractivity contribution in [3.8, 4) is 11.1 Å². The molecule has 0 saturated carbocycles. The van der Waals surface area contributed by atoms with E-state index in [-0.39, 0.29) is 0 Å². The summed E-state index contributed by atoms with van der Waals surface area (Å²) in [6, 6.07) is 20.1. The van der Waals surface area contributed by atoms with Gasteiger partial charge in [0.25, 0.3) is 0 Å². The minimum atomic E-state index is 0.679. The number of hydrogen-bond donors (Lipinski definition) is 0. The van der Waals surface area contributed by atoms with Crippen LogP contribution in [0.15, 0.2) is 60.7 Å². The topological polar surface area (TPSA) is 0 Å². The number of hydrogen-bond acceptors (Lipinski definition) is 0. The van der Waals surface area contributed by atoms with Gasteiger partial charge < -0.3 is 0 Å². The molecule has 0 aliphatic rings. The standard InChI is InChI=1S/C16H10Cl2/c17-14-6-3-7-15(18)16(14)13-9-8-11-4-1-2-5-12(11)10-13/h1-10H. The maximum Gasteiger partial charge on any atom is 0.0499 e. The molecule has 18 heavy (non-hydrogen) atoms. The number of rotatable bonds is 1. The normalized spacial score (nSPS) is 10.8. The van der Waals surface area contributed by atoms with Gasteiger partial charge in [0.15, 0.2) is 0 Å². The highest BCUT2D eigenvalue weighted by Gasteiger charge is 2.08. The molecule has 0 radical (unpaired) electrons. The van der Waals surface area contributed by atoms with Gasteiger partial charge in [0.2, 0.25) is 0 Å². The van der Waals surface area contributed by atoms with E-state index in [1.807, 2.05) is 30.3 Å². The minimum absolute atomic E-state index is 0.679. The van der Waals surface area contributed by atoms with Crippen molar-refractivity contribution in [1.29, 1.82) is 0 Å². The Kier molecular flexibility index (Phi) is 2.99. The van der Waals surface area contributed by atoms with E-state index in [9.17, 15) is 0 Å². The van der Waals surface area contributed by atoms with Crippen LogP contribution in [0, 0.1) is 0 Å². The van der Waals surface area contributed by atoms with Crippen molar-refractivity contribution in [2.45, 2.75) is 0 Å². The first kappa shape index (κ1) is 11.6. The predicted molar refractivity (Wildman–Crippen MR) is 79.4 cm³/mol. The van der Waals surface area contributed by atoms with Crippen LogP contribution in [0.25, 0.3) is 21.9 Å². The predicted octanol–water partition coefficient (Wildman–Crippen LogP) is 5.81. The van der Waals surface area contributed by atoms with E-state index in [0.29, 0.717) is 10.0 Å². The summed E-state index contributed by atoms with van der Waals surface area (Å²) >= 11 is 12.5. The third-order valence-electron chi connectivity index (χ3n) is 3.00. The number of benzene rings is 3. The summed E-state index contributed by atoms with van der Waals surface area (Å²) in [4.78, 5) is 0. The van der Waals surface area contributed by atoms with Crippen molar-refractivity contribution in [2.24, 2.45) is 0 Å². The van der Waals surface area contributed by atoms with Crippen molar-refractivity contribution < 1.29 is 0 Å². The van der Waals surface area contributed by atoms with E-state index >= 15 is 0 Å². The zero-order chi connectivity index (χ0) is 12.5. The Balaban J connectivity index is 2.26. The van der Waals surface area contributed by atoms with E-state index in [0.717, 1.165) is 11.1 Å². The lowest BCUT2D eigenvalue weighted by atomic mass is 10.0. The van der Waals surface area contributed by atoms with E-state index in [1.54, 1.807) is 0 Å². The van der Waals surface area contributed by atoms with Gasteiger partial charge in [0.05, 0.1) is 0 Å². The van der Waals surface area contributed by atoms with Gasteiger partial charge in [0.1, 0.15) is 0 Å². The highest BCUT2D eigenvalue weighted by Crippen LogP contribution is 2.35. The highest BCUT2D eigenvalue weighted by molar-refractivity contribution is 6.39. The van der Waals surface area contributed by atoms with Gasteiger partial charge >= 0.3 is 0 Å². The third-order valence-corrected chi connectivity index (χ3v) is 3.63. The van der Waals surface area contributed by atoms with E-state index < -0.39 is 0 Å². The smallest absolute Gasteiger partial charge is 0.0499 e. The molecule has 3 aromatic rings. The van der Waals surface area contributed by atoms with E-state index in [2.05, 4.69) is 30.3 Å². The Morgan fingerprint density at radius 2 is 1.28 bits per heavy atom. The molecule has 0 spiro atoms. The SMILES string of the molecule is Clc1cccc(Cl)c1-c1ccc2ccccc2c1. The van der Waals surface area contributed by atoms with Crippen LogP contribution in [0.2, 0.25) is 10.0 Å². The first-order valence-electron chi connectivity index (χ1n) is 5.69. The molecule has 2 heteroatoms.